The standard InChI is InChI=1S/C25H27N3S.C7H6O3/c1-18(19-7-10-21(11-8-19)28-15-13-27(2)14-16-28)20-9-12-25-23(17-20)26-22-5-3-4-6-24(22)29-25;8-6-4-2-1-3-5(6)7(9)10/h3-12,17-18,26H,13-16H2,1-2H3;1-4,8H,(H,9,10). The molecule has 3 N–H and O–H groups in total. The number of nitrogens with zero attached hydrogens (tertiary/aromatic N) is 2. The van der Waals surface area contributed by atoms with Crippen molar-refractivity contribution in [3.05, 3.63) is 108 Å². The van der Waals surface area contributed by atoms with E-state index in [0.29, 0.717) is 5.92 Å². The Hall–Kier alpha value is -3.94. The van der Waals surface area contributed by atoms with Gasteiger partial charge in [-0.1, -0.05) is 61.2 Å². The average molecular weight is 540 g/mol. The first-order valence-corrected chi connectivity index (χ1v) is 13.9. The first-order valence-electron chi connectivity index (χ1n) is 13.1. The highest BCUT2D eigenvalue weighted by atomic mass is 32.2. The quantitative estimate of drug-likeness (QED) is 0.230. The van der Waals surface area contributed by atoms with Crippen LogP contribution in [0.25, 0.3) is 0 Å². The Bertz CT molecular complexity index is 1450. The van der Waals surface area contributed by atoms with Crippen molar-refractivity contribution in [2.75, 3.05) is 43.4 Å². The number of anilines is 3. The molecule has 2 aliphatic heterocycles. The molecule has 6 rings (SSSR count). The van der Waals surface area contributed by atoms with Crippen molar-refractivity contribution in [2.24, 2.45) is 0 Å². The largest absolute Gasteiger partial charge is 0.507 e. The molecule has 200 valence electrons. The average Bonchev–Trinajstić information content (AvgIpc) is 2.96. The lowest BCUT2D eigenvalue weighted by molar-refractivity contribution is 0.0693. The summed E-state index contributed by atoms with van der Waals surface area (Å²) in [5.74, 6) is -0.945. The number of piperazine rings is 1. The number of phenols is 1. The summed E-state index contributed by atoms with van der Waals surface area (Å²) in [5, 5.41) is 20.9. The topological polar surface area (TPSA) is 76.0 Å². The zero-order valence-electron chi connectivity index (χ0n) is 22.2. The van der Waals surface area contributed by atoms with E-state index in [9.17, 15) is 4.79 Å². The number of fused-ring (bicyclic) bond motifs is 2. The van der Waals surface area contributed by atoms with Gasteiger partial charge in [0.2, 0.25) is 0 Å². The highest BCUT2D eigenvalue weighted by Crippen LogP contribution is 2.45. The predicted octanol–water partition coefficient (Wildman–Crippen LogP) is 6.89. The molecule has 0 bridgehead atoms. The second-order valence-electron chi connectivity index (χ2n) is 9.90. The van der Waals surface area contributed by atoms with E-state index in [4.69, 9.17) is 10.2 Å². The highest BCUT2D eigenvalue weighted by Gasteiger charge is 2.18. The molecule has 0 amide bonds. The normalized spacial score (nSPS) is 15.2. The second-order valence-corrected chi connectivity index (χ2v) is 11.0. The van der Waals surface area contributed by atoms with Crippen LogP contribution in [0.15, 0.2) is 101 Å². The van der Waals surface area contributed by atoms with Crippen molar-refractivity contribution in [3.8, 4) is 5.75 Å². The Morgan fingerprint density at radius 1 is 0.821 bits per heavy atom. The Morgan fingerprint density at radius 3 is 2.15 bits per heavy atom. The molecule has 39 heavy (non-hydrogen) atoms. The number of hydrogen-bond acceptors (Lipinski definition) is 6. The van der Waals surface area contributed by atoms with E-state index in [1.54, 1.807) is 12.1 Å². The van der Waals surface area contributed by atoms with Gasteiger partial charge in [0.25, 0.3) is 0 Å². The second kappa shape index (κ2) is 11.8. The maximum atomic E-state index is 10.3. The van der Waals surface area contributed by atoms with Crippen molar-refractivity contribution < 1.29 is 15.0 Å². The van der Waals surface area contributed by atoms with Crippen molar-refractivity contribution in [1.82, 2.24) is 4.90 Å². The van der Waals surface area contributed by atoms with Gasteiger partial charge in [-0.15, -0.1) is 0 Å². The van der Waals surface area contributed by atoms with Crippen LogP contribution in [0.1, 0.15) is 34.3 Å². The van der Waals surface area contributed by atoms with Gasteiger partial charge in [-0.25, -0.2) is 4.79 Å². The number of aromatic carboxylic acids is 1. The number of nitrogens with one attached hydrogen (secondary N) is 1. The minimum atomic E-state index is -1.11. The molecule has 0 radical (unpaired) electrons. The van der Waals surface area contributed by atoms with Gasteiger partial charge in [-0.2, -0.15) is 0 Å². The van der Waals surface area contributed by atoms with E-state index in [2.05, 4.69) is 95.8 Å². The van der Waals surface area contributed by atoms with Gasteiger partial charge in [0, 0.05) is 47.6 Å². The first-order chi connectivity index (χ1) is 18.9. The summed E-state index contributed by atoms with van der Waals surface area (Å²) in [5.41, 5.74) is 6.41. The van der Waals surface area contributed by atoms with Crippen LogP contribution in [0.2, 0.25) is 0 Å². The number of para-hydroxylation sites is 2. The van der Waals surface area contributed by atoms with Crippen molar-refractivity contribution >= 4 is 34.8 Å². The molecule has 0 spiro atoms. The van der Waals surface area contributed by atoms with Crippen LogP contribution in [0.4, 0.5) is 17.1 Å². The van der Waals surface area contributed by atoms with Gasteiger partial charge in [0.1, 0.15) is 11.3 Å². The van der Waals surface area contributed by atoms with Crippen molar-refractivity contribution in [2.45, 2.75) is 22.6 Å². The van der Waals surface area contributed by atoms with E-state index < -0.39 is 5.97 Å². The minimum Gasteiger partial charge on any atom is -0.507 e. The lowest BCUT2D eigenvalue weighted by atomic mass is 9.92. The number of hydrogen-bond donors (Lipinski definition) is 3. The molecule has 7 heteroatoms. The lowest BCUT2D eigenvalue weighted by Gasteiger charge is -2.34. The molecule has 1 atom stereocenters. The minimum absolute atomic E-state index is 0.0671. The third-order valence-corrected chi connectivity index (χ3v) is 8.43. The maximum Gasteiger partial charge on any atom is 0.339 e. The molecule has 1 saturated heterocycles. The fraction of sp³-hybridized carbons (Fsp3) is 0.219. The van der Waals surface area contributed by atoms with Gasteiger partial charge >= 0.3 is 5.97 Å². The zero-order chi connectivity index (χ0) is 27.4. The summed E-state index contributed by atoms with van der Waals surface area (Å²) < 4.78 is 0. The summed E-state index contributed by atoms with van der Waals surface area (Å²) in [6.07, 6.45) is 0. The van der Waals surface area contributed by atoms with E-state index >= 15 is 0 Å². The molecule has 1 unspecified atom stereocenters. The third kappa shape index (κ3) is 6.21. The molecule has 2 aliphatic rings. The van der Waals surface area contributed by atoms with E-state index in [0.717, 1.165) is 26.2 Å². The van der Waals surface area contributed by atoms with Crippen molar-refractivity contribution in [3.63, 3.8) is 0 Å². The summed E-state index contributed by atoms with van der Waals surface area (Å²) in [4.78, 5) is 17.7. The van der Waals surface area contributed by atoms with Crippen LogP contribution in [-0.2, 0) is 0 Å². The molecule has 4 aromatic rings. The van der Waals surface area contributed by atoms with Gasteiger partial charge in [0.05, 0.1) is 11.4 Å². The zero-order valence-corrected chi connectivity index (χ0v) is 23.0. The molecular weight excluding hydrogens is 506 g/mol. The van der Waals surface area contributed by atoms with E-state index in [1.165, 1.54) is 50.1 Å². The van der Waals surface area contributed by atoms with Crippen LogP contribution in [0.5, 0.6) is 5.75 Å². The maximum absolute atomic E-state index is 10.3. The molecule has 1 fully saturated rings. The van der Waals surface area contributed by atoms with Crippen LogP contribution >= 0.6 is 11.8 Å². The molecule has 0 aromatic heterocycles. The predicted molar refractivity (Wildman–Crippen MR) is 159 cm³/mol. The van der Waals surface area contributed by atoms with Gasteiger partial charge in [-0.3, -0.25) is 0 Å². The third-order valence-electron chi connectivity index (χ3n) is 7.28. The van der Waals surface area contributed by atoms with Crippen molar-refractivity contribution in [1.29, 1.82) is 0 Å². The van der Waals surface area contributed by atoms with Gasteiger partial charge in [0.15, 0.2) is 0 Å². The molecule has 4 aromatic carbocycles. The number of likely N-dealkylation sites (N-methyl/N-ethyl adjacent to an activating group) is 1. The Kier molecular flexibility index (Phi) is 8.10. The Balaban J connectivity index is 0.000000261. The monoisotopic (exact) mass is 539 g/mol. The first kappa shape index (κ1) is 26.7. The fourth-order valence-electron chi connectivity index (χ4n) is 4.81. The molecular formula is C32H33N3O3S. The summed E-state index contributed by atoms with van der Waals surface area (Å²) in [6.45, 7) is 6.81. The summed E-state index contributed by atoms with van der Waals surface area (Å²) >= 11 is 1.85. The highest BCUT2D eigenvalue weighted by molar-refractivity contribution is 7.99. The van der Waals surface area contributed by atoms with Gasteiger partial charge < -0.3 is 25.3 Å². The summed E-state index contributed by atoms with van der Waals surface area (Å²) in [6, 6.07) is 30.4. The molecule has 2 heterocycles. The SMILES string of the molecule is CC(c1ccc(N2CCN(C)CC2)cc1)c1ccc2c(c1)Nc1ccccc1S2.O=C(O)c1ccccc1O. The van der Waals surface area contributed by atoms with E-state index in [1.807, 2.05) is 11.8 Å². The fourth-order valence-corrected chi connectivity index (χ4v) is 5.78. The van der Waals surface area contributed by atoms with Crippen LogP contribution in [0.3, 0.4) is 0 Å². The van der Waals surface area contributed by atoms with Crippen LogP contribution in [-0.4, -0.2) is 54.3 Å². The van der Waals surface area contributed by atoms with Crippen LogP contribution < -0.4 is 10.2 Å². The Labute approximate surface area is 233 Å². The molecule has 0 aliphatic carbocycles. The molecule has 0 saturated carbocycles. The smallest absolute Gasteiger partial charge is 0.339 e. The number of rotatable bonds is 4. The Morgan fingerprint density at radius 2 is 1.46 bits per heavy atom. The number of benzene rings is 4. The molecule has 6 nitrogen and oxygen atoms in total. The van der Waals surface area contributed by atoms with Gasteiger partial charge in [-0.05, 0) is 66.7 Å². The number of carbonyl (C=O) groups is 1. The number of carboxylic acid groups (broad SMARTS) is 1. The lowest BCUT2D eigenvalue weighted by Crippen LogP contribution is -2.44. The number of carboxylic acids is 1. The number of aromatic hydroxyl groups is 1. The summed E-state index contributed by atoms with van der Waals surface area (Å²) in [7, 11) is 2.20. The van der Waals surface area contributed by atoms with Crippen LogP contribution in [0, 0.1) is 0 Å². The van der Waals surface area contributed by atoms with E-state index in [-0.39, 0.29) is 11.3 Å².